The summed E-state index contributed by atoms with van der Waals surface area (Å²) in [6, 6.07) is 10.9. The molecule has 0 unspecified atom stereocenters. The minimum Gasteiger partial charge on any atom is -0.497 e. The highest BCUT2D eigenvalue weighted by Gasteiger charge is 2.08. The molecule has 1 N–H and O–H groups in total. The van der Waals surface area contributed by atoms with Crippen molar-refractivity contribution in [2.75, 3.05) is 19.0 Å². The first kappa shape index (κ1) is 19.7. The molecule has 0 aliphatic rings. The van der Waals surface area contributed by atoms with Gasteiger partial charge in [0.05, 0.1) is 20.2 Å². The van der Waals surface area contributed by atoms with Gasteiger partial charge in [0.25, 0.3) is 5.56 Å². The fourth-order valence-electron chi connectivity index (χ4n) is 2.42. The molecule has 6 nitrogen and oxygen atoms in total. The van der Waals surface area contributed by atoms with Gasteiger partial charge in [-0.05, 0) is 29.8 Å². The molecule has 0 amide bonds. The summed E-state index contributed by atoms with van der Waals surface area (Å²) >= 11 is 11.9. The van der Waals surface area contributed by atoms with Gasteiger partial charge in [-0.1, -0.05) is 47.2 Å². The third kappa shape index (κ3) is 5.26. The zero-order valence-electron chi connectivity index (χ0n) is 14.9. The van der Waals surface area contributed by atoms with Crippen LogP contribution in [0.3, 0.4) is 0 Å². The molecule has 0 spiro atoms. The predicted molar refractivity (Wildman–Crippen MR) is 110 cm³/mol. The van der Waals surface area contributed by atoms with Crippen molar-refractivity contribution in [3.8, 4) is 17.6 Å². The molecule has 0 bridgehead atoms. The number of nitrogens with zero attached hydrogens (tertiary/aromatic N) is 3. The summed E-state index contributed by atoms with van der Waals surface area (Å²) in [6.45, 7) is 0.589. The zero-order chi connectivity index (χ0) is 19.9. The molecule has 1 aromatic carbocycles. The molecular weight excluding hydrogens is 399 g/mol. The number of hydrogen-bond acceptors (Lipinski definition) is 5. The average Bonchev–Trinajstić information content (AvgIpc) is 2.69. The van der Waals surface area contributed by atoms with Gasteiger partial charge in [0.2, 0.25) is 0 Å². The van der Waals surface area contributed by atoms with Crippen LogP contribution in [0.4, 0.5) is 5.82 Å². The van der Waals surface area contributed by atoms with Gasteiger partial charge in [-0.3, -0.25) is 4.79 Å². The van der Waals surface area contributed by atoms with Crippen LogP contribution in [0.25, 0.3) is 0 Å². The Kier molecular flexibility index (Phi) is 6.53. The van der Waals surface area contributed by atoms with E-state index in [9.17, 15) is 4.79 Å². The molecule has 2 aromatic heterocycles. The quantitative estimate of drug-likeness (QED) is 0.511. The maximum atomic E-state index is 12.6. The lowest BCUT2D eigenvalue weighted by atomic mass is 10.2. The molecule has 0 aliphatic heterocycles. The predicted octanol–water partition coefficient (Wildman–Crippen LogP) is 3.47. The SMILES string of the molecule is COc1ccc(Cn2cc(Cl)nc(NCC#Cc3ccnc(Cl)c3)c2=O)cc1. The number of benzene rings is 1. The van der Waals surface area contributed by atoms with Gasteiger partial charge in [-0.15, -0.1) is 0 Å². The Labute approximate surface area is 172 Å². The van der Waals surface area contributed by atoms with Crippen LogP contribution >= 0.6 is 23.2 Å². The van der Waals surface area contributed by atoms with E-state index in [1.165, 1.54) is 10.8 Å². The average molecular weight is 415 g/mol. The molecule has 142 valence electrons. The van der Waals surface area contributed by atoms with Gasteiger partial charge in [-0.2, -0.15) is 0 Å². The first-order valence-electron chi connectivity index (χ1n) is 8.29. The molecule has 0 atom stereocenters. The third-order valence-corrected chi connectivity index (χ3v) is 4.15. The summed E-state index contributed by atoms with van der Waals surface area (Å²) in [5.41, 5.74) is 1.39. The van der Waals surface area contributed by atoms with Gasteiger partial charge in [0.15, 0.2) is 5.82 Å². The van der Waals surface area contributed by atoms with E-state index in [2.05, 4.69) is 27.1 Å². The Morgan fingerprint density at radius 2 is 1.96 bits per heavy atom. The van der Waals surface area contributed by atoms with Gasteiger partial charge < -0.3 is 14.6 Å². The van der Waals surface area contributed by atoms with Crippen LogP contribution in [0, 0.1) is 11.8 Å². The van der Waals surface area contributed by atoms with E-state index in [0.717, 1.165) is 16.9 Å². The van der Waals surface area contributed by atoms with Crippen molar-refractivity contribution in [3.63, 3.8) is 0 Å². The van der Waals surface area contributed by atoms with Crippen LogP contribution in [0.1, 0.15) is 11.1 Å². The molecular formula is C20H16Cl2N4O2. The fraction of sp³-hybridized carbons (Fsp3) is 0.150. The van der Waals surface area contributed by atoms with Crippen molar-refractivity contribution in [2.24, 2.45) is 0 Å². The minimum absolute atomic E-state index is 0.142. The summed E-state index contributed by atoms with van der Waals surface area (Å²) < 4.78 is 6.64. The second kappa shape index (κ2) is 9.27. The molecule has 3 rings (SSSR count). The van der Waals surface area contributed by atoms with E-state index >= 15 is 0 Å². The number of halogens is 2. The number of hydrogen-bond donors (Lipinski definition) is 1. The maximum absolute atomic E-state index is 12.6. The van der Waals surface area contributed by atoms with Crippen LogP contribution < -0.4 is 15.6 Å². The molecule has 0 aliphatic carbocycles. The lowest BCUT2D eigenvalue weighted by molar-refractivity contribution is 0.414. The van der Waals surface area contributed by atoms with Crippen molar-refractivity contribution in [1.82, 2.24) is 14.5 Å². The first-order chi connectivity index (χ1) is 13.5. The van der Waals surface area contributed by atoms with Gasteiger partial charge in [-0.25, -0.2) is 9.97 Å². The van der Waals surface area contributed by atoms with E-state index in [1.54, 1.807) is 25.4 Å². The summed E-state index contributed by atoms with van der Waals surface area (Å²) in [7, 11) is 1.60. The molecule has 8 heteroatoms. The highest BCUT2D eigenvalue weighted by Crippen LogP contribution is 2.13. The Hall–Kier alpha value is -3.01. The second-order valence-electron chi connectivity index (χ2n) is 5.72. The van der Waals surface area contributed by atoms with E-state index in [0.29, 0.717) is 11.7 Å². The molecule has 2 heterocycles. The molecule has 28 heavy (non-hydrogen) atoms. The van der Waals surface area contributed by atoms with Crippen molar-refractivity contribution >= 4 is 29.0 Å². The maximum Gasteiger partial charge on any atom is 0.293 e. The summed E-state index contributed by atoms with van der Waals surface area (Å²) in [6.07, 6.45) is 3.08. The number of nitrogens with one attached hydrogen (secondary N) is 1. The highest BCUT2D eigenvalue weighted by atomic mass is 35.5. The Morgan fingerprint density at radius 3 is 2.68 bits per heavy atom. The number of anilines is 1. The van der Waals surface area contributed by atoms with Crippen molar-refractivity contribution < 1.29 is 4.74 Å². The lowest BCUT2D eigenvalue weighted by Crippen LogP contribution is -2.25. The van der Waals surface area contributed by atoms with Gasteiger partial charge in [0, 0.05) is 18.0 Å². The number of rotatable bonds is 5. The molecule has 3 aromatic rings. The van der Waals surface area contributed by atoms with E-state index in [4.69, 9.17) is 27.9 Å². The summed E-state index contributed by atoms with van der Waals surface area (Å²) in [5, 5.41) is 3.50. The lowest BCUT2D eigenvalue weighted by Gasteiger charge is -2.09. The second-order valence-corrected chi connectivity index (χ2v) is 6.49. The van der Waals surface area contributed by atoms with Crippen LogP contribution in [0.5, 0.6) is 5.75 Å². The molecule has 0 radical (unpaired) electrons. The monoisotopic (exact) mass is 414 g/mol. The number of ether oxygens (including phenoxy) is 1. The summed E-state index contributed by atoms with van der Waals surface area (Å²) in [4.78, 5) is 20.6. The van der Waals surface area contributed by atoms with Gasteiger partial charge in [0.1, 0.15) is 16.1 Å². The Bertz CT molecular complexity index is 1090. The largest absolute Gasteiger partial charge is 0.497 e. The normalized spacial score (nSPS) is 10.1. The Balaban J connectivity index is 1.72. The number of pyridine rings is 1. The molecule has 0 saturated heterocycles. The first-order valence-corrected chi connectivity index (χ1v) is 9.05. The topological polar surface area (TPSA) is 69.0 Å². The smallest absolute Gasteiger partial charge is 0.293 e. The van der Waals surface area contributed by atoms with Crippen molar-refractivity contribution in [2.45, 2.75) is 6.54 Å². The Morgan fingerprint density at radius 1 is 1.18 bits per heavy atom. The van der Waals surface area contributed by atoms with Crippen LogP contribution in [-0.2, 0) is 6.54 Å². The van der Waals surface area contributed by atoms with E-state index in [1.807, 2.05) is 24.3 Å². The van der Waals surface area contributed by atoms with Crippen molar-refractivity contribution in [1.29, 1.82) is 0 Å². The number of aromatic nitrogens is 3. The van der Waals surface area contributed by atoms with Crippen molar-refractivity contribution in [3.05, 3.63) is 80.6 Å². The van der Waals surface area contributed by atoms with Gasteiger partial charge >= 0.3 is 0 Å². The van der Waals surface area contributed by atoms with Crippen LogP contribution in [0.2, 0.25) is 10.3 Å². The molecule has 0 fully saturated rings. The number of methoxy groups -OCH3 is 1. The third-order valence-electron chi connectivity index (χ3n) is 3.76. The van der Waals surface area contributed by atoms with E-state index < -0.39 is 0 Å². The highest BCUT2D eigenvalue weighted by molar-refractivity contribution is 6.29. The summed E-state index contributed by atoms with van der Waals surface area (Å²) in [5.74, 6) is 6.74. The minimum atomic E-state index is -0.283. The van der Waals surface area contributed by atoms with Crippen LogP contribution in [-0.4, -0.2) is 28.2 Å². The zero-order valence-corrected chi connectivity index (χ0v) is 16.5. The van der Waals surface area contributed by atoms with Crippen LogP contribution in [0.15, 0.2) is 53.6 Å². The molecule has 0 saturated carbocycles. The fourth-order valence-corrected chi connectivity index (χ4v) is 2.80. The van der Waals surface area contributed by atoms with E-state index in [-0.39, 0.29) is 23.1 Å². The standard InChI is InChI=1S/C20H16Cl2N4O2/c1-28-16-6-4-15(5-7-16)12-26-13-18(22)25-19(20(26)27)24-9-2-3-14-8-10-23-17(21)11-14/h4-8,10-11,13H,9,12H2,1H3,(H,24,25).